The van der Waals surface area contributed by atoms with E-state index >= 15 is 0 Å². The predicted molar refractivity (Wildman–Crippen MR) is 84.4 cm³/mol. The van der Waals surface area contributed by atoms with E-state index in [2.05, 4.69) is 5.32 Å². The van der Waals surface area contributed by atoms with Crippen LogP contribution >= 0.6 is 0 Å². The molecule has 0 unspecified atom stereocenters. The minimum Gasteiger partial charge on any atom is -0.385 e. The van der Waals surface area contributed by atoms with Crippen LogP contribution < -0.4 is 10.2 Å². The Hall–Kier alpha value is -2.50. The molecule has 122 valence electrons. The third-order valence-electron chi connectivity index (χ3n) is 3.38. The Morgan fingerprint density at radius 2 is 1.78 bits per heavy atom. The maximum Gasteiger partial charge on any atom is 0.416 e. The van der Waals surface area contributed by atoms with Crippen molar-refractivity contribution in [3.8, 4) is 0 Å². The van der Waals surface area contributed by atoms with Crippen molar-refractivity contribution in [1.29, 1.82) is 0 Å². The van der Waals surface area contributed by atoms with E-state index < -0.39 is 11.7 Å². The summed E-state index contributed by atoms with van der Waals surface area (Å²) >= 11 is 0. The van der Waals surface area contributed by atoms with Crippen LogP contribution in [-0.4, -0.2) is 19.5 Å². The molecule has 0 bridgehead atoms. The van der Waals surface area contributed by atoms with Gasteiger partial charge in [0.25, 0.3) is 0 Å². The van der Waals surface area contributed by atoms with Gasteiger partial charge in [-0.2, -0.15) is 13.2 Å². The summed E-state index contributed by atoms with van der Waals surface area (Å²) in [6.07, 6.45) is -4.19. The van der Waals surface area contributed by atoms with Crippen LogP contribution in [0.1, 0.15) is 12.0 Å². The number of alkyl halides is 3. The third-order valence-corrected chi connectivity index (χ3v) is 3.38. The summed E-state index contributed by atoms with van der Waals surface area (Å²) in [5, 5.41) is 2.85. The summed E-state index contributed by atoms with van der Waals surface area (Å²) in [5.41, 5.74) is 0.404. The van der Waals surface area contributed by atoms with Crippen molar-refractivity contribution < 1.29 is 18.0 Å². The molecule has 0 saturated carbocycles. The molecule has 2 rings (SSSR count). The number of nitrogens with zero attached hydrogens (tertiary/aromatic N) is 1. The first-order valence-corrected chi connectivity index (χ1v) is 7.10. The van der Waals surface area contributed by atoms with Gasteiger partial charge in [0, 0.05) is 31.4 Å². The molecule has 0 spiro atoms. The summed E-state index contributed by atoms with van der Waals surface area (Å²) < 4.78 is 37.9. The van der Waals surface area contributed by atoms with Crippen molar-refractivity contribution in [3.05, 3.63) is 60.2 Å². The first kappa shape index (κ1) is 16.9. The van der Waals surface area contributed by atoms with E-state index in [0.717, 1.165) is 17.8 Å². The highest BCUT2D eigenvalue weighted by Gasteiger charge is 2.30. The second-order valence-corrected chi connectivity index (χ2v) is 5.04. The van der Waals surface area contributed by atoms with Crippen molar-refractivity contribution >= 4 is 17.3 Å². The Balaban J connectivity index is 1.89. The zero-order chi connectivity index (χ0) is 16.9. The molecule has 0 saturated heterocycles. The number of halogens is 3. The molecule has 0 aromatic heterocycles. The van der Waals surface area contributed by atoms with Crippen LogP contribution in [0.2, 0.25) is 0 Å². The topological polar surface area (TPSA) is 32.3 Å². The van der Waals surface area contributed by atoms with Crippen LogP contribution in [0.4, 0.5) is 24.5 Å². The average molecular weight is 322 g/mol. The molecule has 1 N–H and O–H groups in total. The number of hydrogen-bond donors (Lipinski definition) is 1. The lowest BCUT2D eigenvalue weighted by atomic mass is 10.2. The van der Waals surface area contributed by atoms with E-state index in [0.29, 0.717) is 5.69 Å². The number of carbonyl (C=O) groups excluding carboxylic acids is 1. The number of anilines is 2. The van der Waals surface area contributed by atoms with Gasteiger partial charge in [0.1, 0.15) is 0 Å². The van der Waals surface area contributed by atoms with E-state index in [1.54, 1.807) is 13.1 Å². The summed E-state index contributed by atoms with van der Waals surface area (Å²) in [5.74, 6) is -0.115. The molecular formula is C17H17F3N2O. The van der Waals surface area contributed by atoms with Crippen molar-refractivity contribution in [3.63, 3.8) is 0 Å². The van der Waals surface area contributed by atoms with E-state index in [4.69, 9.17) is 0 Å². The van der Waals surface area contributed by atoms with E-state index in [-0.39, 0.29) is 18.9 Å². The molecule has 0 aliphatic rings. The van der Waals surface area contributed by atoms with E-state index in [9.17, 15) is 18.0 Å². The molecule has 2 aromatic rings. The number of amides is 1. The second kappa shape index (κ2) is 7.17. The van der Waals surface area contributed by atoms with Gasteiger partial charge >= 0.3 is 6.18 Å². The van der Waals surface area contributed by atoms with Crippen molar-refractivity contribution in [2.24, 2.45) is 0 Å². The molecule has 0 aliphatic carbocycles. The summed E-state index contributed by atoms with van der Waals surface area (Å²) in [4.78, 5) is 13.6. The van der Waals surface area contributed by atoms with Gasteiger partial charge in [-0.15, -0.1) is 0 Å². The molecule has 0 aliphatic heterocycles. The monoisotopic (exact) mass is 322 g/mol. The Bertz CT molecular complexity index is 656. The van der Waals surface area contributed by atoms with Crippen LogP contribution in [0.25, 0.3) is 0 Å². The number of rotatable bonds is 5. The second-order valence-electron chi connectivity index (χ2n) is 5.04. The van der Waals surface area contributed by atoms with E-state index in [1.165, 1.54) is 11.0 Å². The largest absolute Gasteiger partial charge is 0.416 e. The first-order chi connectivity index (χ1) is 10.9. The lowest BCUT2D eigenvalue weighted by Crippen LogP contribution is -2.27. The van der Waals surface area contributed by atoms with Gasteiger partial charge < -0.3 is 10.2 Å². The fourth-order valence-corrected chi connectivity index (χ4v) is 2.08. The van der Waals surface area contributed by atoms with Gasteiger partial charge in [-0.1, -0.05) is 24.3 Å². The van der Waals surface area contributed by atoms with Crippen molar-refractivity contribution in [2.45, 2.75) is 12.6 Å². The molecule has 0 atom stereocenters. The maximum absolute atomic E-state index is 12.6. The molecule has 2 aromatic carbocycles. The Morgan fingerprint density at radius 1 is 1.09 bits per heavy atom. The standard InChI is InChI=1S/C17H17F3N2O/c1-22(15-8-3-2-4-9-15)16(23)10-11-21-14-7-5-6-13(12-14)17(18,19)20/h2-9,12,21H,10-11H2,1H3. The van der Waals surface area contributed by atoms with Crippen molar-refractivity contribution in [1.82, 2.24) is 0 Å². The number of para-hydroxylation sites is 1. The fourth-order valence-electron chi connectivity index (χ4n) is 2.08. The van der Waals surface area contributed by atoms with Gasteiger partial charge in [0.05, 0.1) is 5.56 Å². The molecule has 1 amide bonds. The summed E-state index contributed by atoms with van der Waals surface area (Å²) in [6.45, 7) is 0.261. The SMILES string of the molecule is CN(C(=O)CCNc1cccc(C(F)(F)F)c1)c1ccccc1. The molecule has 3 nitrogen and oxygen atoms in total. The van der Waals surface area contributed by atoms with Crippen LogP contribution in [-0.2, 0) is 11.0 Å². The zero-order valence-corrected chi connectivity index (χ0v) is 12.6. The minimum atomic E-state index is -4.37. The molecular weight excluding hydrogens is 305 g/mol. The predicted octanol–water partition coefficient (Wildman–Crippen LogP) is 4.17. The van der Waals surface area contributed by atoms with Gasteiger partial charge in [0.15, 0.2) is 0 Å². The van der Waals surface area contributed by atoms with E-state index in [1.807, 2.05) is 30.3 Å². The fraction of sp³-hybridized carbons (Fsp3) is 0.235. The van der Waals surface area contributed by atoms with Crippen molar-refractivity contribution in [2.75, 3.05) is 23.8 Å². The number of benzene rings is 2. The lowest BCUT2D eigenvalue weighted by molar-refractivity contribution is -0.137. The Labute approximate surface area is 132 Å². The normalized spacial score (nSPS) is 11.1. The smallest absolute Gasteiger partial charge is 0.385 e. The molecule has 0 fully saturated rings. The Morgan fingerprint density at radius 3 is 2.43 bits per heavy atom. The van der Waals surface area contributed by atoms with Gasteiger partial charge in [-0.25, -0.2) is 0 Å². The molecule has 0 radical (unpaired) electrons. The first-order valence-electron chi connectivity index (χ1n) is 7.10. The van der Waals surface area contributed by atoms with Crippen LogP contribution in [0.5, 0.6) is 0 Å². The number of carbonyl (C=O) groups is 1. The summed E-state index contributed by atoms with van der Waals surface area (Å²) in [6, 6.07) is 14.1. The maximum atomic E-state index is 12.6. The summed E-state index contributed by atoms with van der Waals surface area (Å²) in [7, 11) is 1.67. The average Bonchev–Trinajstić information content (AvgIpc) is 2.54. The van der Waals surface area contributed by atoms with Crippen LogP contribution in [0, 0.1) is 0 Å². The van der Waals surface area contributed by atoms with Crippen LogP contribution in [0.3, 0.4) is 0 Å². The zero-order valence-electron chi connectivity index (χ0n) is 12.6. The number of nitrogens with one attached hydrogen (secondary N) is 1. The lowest BCUT2D eigenvalue weighted by Gasteiger charge is -2.17. The Kier molecular flexibility index (Phi) is 5.26. The third kappa shape index (κ3) is 4.74. The van der Waals surface area contributed by atoms with Gasteiger partial charge in [-0.05, 0) is 30.3 Å². The molecule has 23 heavy (non-hydrogen) atoms. The minimum absolute atomic E-state index is 0.115. The molecule has 0 heterocycles. The highest BCUT2D eigenvalue weighted by atomic mass is 19.4. The highest BCUT2D eigenvalue weighted by Crippen LogP contribution is 2.30. The van der Waals surface area contributed by atoms with Gasteiger partial charge in [0.2, 0.25) is 5.91 Å². The highest BCUT2D eigenvalue weighted by molar-refractivity contribution is 5.93. The quantitative estimate of drug-likeness (QED) is 0.896. The van der Waals surface area contributed by atoms with Crippen LogP contribution in [0.15, 0.2) is 54.6 Å². The number of hydrogen-bond acceptors (Lipinski definition) is 2. The van der Waals surface area contributed by atoms with Gasteiger partial charge in [-0.3, -0.25) is 4.79 Å². The molecule has 6 heteroatoms.